The molecule has 1 N–H and O–H groups in total. The van der Waals surface area contributed by atoms with Crippen LogP contribution in [0.5, 0.6) is 0 Å². The highest BCUT2D eigenvalue weighted by atomic mass is 16.5. The summed E-state index contributed by atoms with van der Waals surface area (Å²) in [5, 5.41) is 12.0. The zero-order chi connectivity index (χ0) is 13.1. The molecular weight excluding hydrogens is 216 g/mol. The second-order valence-electron chi connectivity index (χ2n) is 5.00. The lowest BCUT2D eigenvalue weighted by Crippen LogP contribution is -2.29. The predicted octanol–water partition coefficient (Wildman–Crippen LogP) is 2.10. The van der Waals surface area contributed by atoms with Crippen molar-refractivity contribution in [3.63, 3.8) is 0 Å². The lowest BCUT2D eigenvalue weighted by atomic mass is 10.2. The molecule has 0 spiro atoms. The molecule has 0 radical (unpaired) electrons. The van der Waals surface area contributed by atoms with Crippen molar-refractivity contribution < 1.29 is 9.47 Å². The molecule has 0 aromatic heterocycles. The number of hydrogen-bond acceptors (Lipinski definition) is 4. The van der Waals surface area contributed by atoms with E-state index in [0.29, 0.717) is 19.8 Å². The Morgan fingerprint density at radius 2 is 1.94 bits per heavy atom. The van der Waals surface area contributed by atoms with Crippen LogP contribution in [0.25, 0.3) is 0 Å². The van der Waals surface area contributed by atoms with Gasteiger partial charge in [0, 0.05) is 6.61 Å². The standard InChI is InChI=1S/C13H26N2O2/c1-5-7-15-12(11-14)6-8-16-9-10-17-13(2,3)4/h12,15H,5-10H2,1-4H3. The zero-order valence-corrected chi connectivity index (χ0v) is 11.6. The minimum absolute atomic E-state index is 0.0986. The predicted molar refractivity (Wildman–Crippen MR) is 68.8 cm³/mol. The van der Waals surface area contributed by atoms with Crippen molar-refractivity contribution >= 4 is 0 Å². The average molecular weight is 242 g/mol. The van der Waals surface area contributed by atoms with E-state index in [1.807, 2.05) is 20.8 Å². The number of hydrogen-bond donors (Lipinski definition) is 1. The van der Waals surface area contributed by atoms with E-state index in [0.717, 1.165) is 19.4 Å². The third kappa shape index (κ3) is 11.6. The lowest BCUT2D eigenvalue weighted by molar-refractivity contribution is -0.0353. The highest BCUT2D eigenvalue weighted by Crippen LogP contribution is 2.05. The molecular formula is C13H26N2O2. The lowest BCUT2D eigenvalue weighted by Gasteiger charge is -2.19. The number of nitrogens with zero attached hydrogens (tertiary/aromatic N) is 1. The van der Waals surface area contributed by atoms with Crippen LogP contribution in [0.15, 0.2) is 0 Å². The molecule has 0 heterocycles. The second-order valence-corrected chi connectivity index (χ2v) is 5.00. The normalized spacial score (nSPS) is 13.4. The maximum Gasteiger partial charge on any atom is 0.0975 e. The summed E-state index contributed by atoms with van der Waals surface area (Å²) < 4.78 is 10.9. The Labute approximate surface area is 105 Å². The third-order valence-electron chi connectivity index (χ3n) is 2.11. The summed E-state index contributed by atoms with van der Waals surface area (Å²) >= 11 is 0. The first-order valence-corrected chi connectivity index (χ1v) is 6.34. The van der Waals surface area contributed by atoms with Crippen molar-refractivity contribution in [2.24, 2.45) is 0 Å². The summed E-state index contributed by atoms with van der Waals surface area (Å²) in [6.45, 7) is 10.8. The molecule has 0 aromatic carbocycles. The summed E-state index contributed by atoms with van der Waals surface area (Å²) in [7, 11) is 0. The molecule has 1 unspecified atom stereocenters. The van der Waals surface area contributed by atoms with Crippen LogP contribution in [-0.2, 0) is 9.47 Å². The van der Waals surface area contributed by atoms with Crippen molar-refractivity contribution in [2.45, 2.75) is 52.2 Å². The molecule has 1 atom stereocenters. The maximum atomic E-state index is 8.87. The molecule has 0 saturated carbocycles. The van der Waals surface area contributed by atoms with E-state index in [1.54, 1.807) is 0 Å². The van der Waals surface area contributed by atoms with Crippen LogP contribution in [0.1, 0.15) is 40.5 Å². The fourth-order valence-electron chi connectivity index (χ4n) is 1.24. The van der Waals surface area contributed by atoms with Gasteiger partial charge in [-0.1, -0.05) is 6.92 Å². The quantitative estimate of drug-likeness (QED) is 0.629. The molecule has 0 aliphatic heterocycles. The number of nitrogens with one attached hydrogen (secondary N) is 1. The molecule has 0 aliphatic carbocycles. The smallest absolute Gasteiger partial charge is 0.0975 e. The van der Waals surface area contributed by atoms with Gasteiger partial charge in [0.1, 0.15) is 0 Å². The van der Waals surface area contributed by atoms with E-state index in [1.165, 1.54) is 0 Å². The maximum absolute atomic E-state index is 8.87. The van der Waals surface area contributed by atoms with Crippen LogP contribution in [0, 0.1) is 11.3 Å². The Morgan fingerprint density at radius 1 is 1.24 bits per heavy atom. The Bertz CT molecular complexity index is 218. The summed E-state index contributed by atoms with van der Waals surface area (Å²) in [5.74, 6) is 0. The highest BCUT2D eigenvalue weighted by Gasteiger charge is 2.09. The third-order valence-corrected chi connectivity index (χ3v) is 2.11. The molecule has 0 aliphatic rings. The Kier molecular flexibility index (Phi) is 9.06. The van der Waals surface area contributed by atoms with Crippen LogP contribution in [0.2, 0.25) is 0 Å². The van der Waals surface area contributed by atoms with Crippen LogP contribution in [-0.4, -0.2) is 38.0 Å². The van der Waals surface area contributed by atoms with Crippen molar-refractivity contribution in [3.8, 4) is 6.07 Å². The van der Waals surface area contributed by atoms with Gasteiger partial charge in [-0.2, -0.15) is 5.26 Å². The first-order chi connectivity index (χ1) is 7.99. The zero-order valence-electron chi connectivity index (χ0n) is 11.6. The van der Waals surface area contributed by atoms with Crippen molar-refractivity contribution in [1.82, 2.24) is 5.32 Å². The van der Waals surface area contributed by atoms with Crippen LogP contribution in [0.3, 0.4) is 0 Å². The van der Waals surface area contributed by atoms with E-state index in [9.17, 15) is 0 Å². The molecule has 0 aromatic rings. The summed E-state index contributed by atoms with van der Waals surface area (Å²) in [6.07, 6.45) is 1.77. The molecule has 17 heavy (non-hydrogen) atoms. The number of rotatable bonds is 9. The molecule has 4 nitrogen and oxygen atoms in total. The minimum atomic E-state index is -0.110. The molecule has 100 valence electrons. The van der Waals surface area contributed by atoms with Gasteiger partial charge in [-0.15, -0.1) is 0 Å². The van der Waals surface area contributed by atoms with Gasteiger partial charge in [0.15, 0.2) is 0 Å². The molecule has 0 saturated heterocycles. The fourth-order valence-corrected chi connectivity index (χ4v) is 1.24. The topological polar surface area (TPSA) is 54.3 Å². The monoisotopic (exact) mass is 242 g/mol. The van der Waals surface area contributed by atoms with Gasteiger partial charge in [-0.3, -0.25) is 0 Å². The molecule has 0 fully saturated rings. The van der Waals surface area contributed by atoms with Gasteiger partial charge < -0.3 is 14.8 Å². The van der Waals surface area contributed by atoms with Crippen LogP contribution in [0.4, 0.5) is 0 Å². The van der Waals surface area contributed by atoms with Crippen LogP contribution < -0.4 is 5.32 Å². The first kappa shape index (κ1) is 16.4. The first-order valence-electron chi connectivity index (χ1n) is 6.34. The van der Waals surface area contributed by atoms with E-state index >= 15 is 0 Å². The van der Waals surface area contributed by atoms with Gasteiger partial charge in [0.05, 0.1) is 30.9 Å². The average Bonchev–Trinajstić information content (AvgIpc) is 2.25. The van der Waals surface area contributed by atoms with Crippen LogP contribution >= 0.6 is 0 Å². The van der Waals surface area contributed by atoms with Gasteiger partial charge in [0.25, 0.3) is 0 Å². The van der Waals surface area contributed by atoms with E-state index < -0.39 is 0 Å². The minimum Gasteiger partial charge on any atom is -0.379 e. The van der Waals surface area contributed by atoms with E-state index in [-0.39, 0.29) is 11.6 Å². The number of nitriles is 1. The van der Waals surface area contributed by atoms with Gasteiger partial charge in [0.2, 0.25) is 0 Å². The van der Waals surface area contributed by atoms with Crippen molar-refractivity contribution in [1.29, 1.82) is 5.26 Å². The summed E-state index contributed by atoms with van der Waals surface area (Å²) in [4.78, 5) is 0. The van der Waals surface area contributed by atoms with Gasteiger partial charge in [-0.25, -0.2) is 0 Å². The number of ether oxygens (including phenoxy) is 2. The Balaban J connectivity index is 3.41. The fraction of sp³-hybridized carbons (Fsp3) is 0.923. The Morgan fingerprint density at radius 3 is 2.47 bits per heavy atom. The second kappa shape index (κ2) is 9.41. The molecule has 0 amide bonds. The van der Waals surface area contributed by atoms with E-state index in [4.69, 9.17) is 14.7 Å². The molecule has 4 heteroatoms. The van der Waals surface area contributed by atoms with E-state index in [2.05, 4.69) is 18.3 Å². The van der Waals surface area contributed by atoms with Crippen molar-refractivity contribution in [2.75, 3.05) is 26.4 Å². The SMILES string of the molecule is CCCNC(C#N)CCOCCOC(C)(C)C. The van der Waals surface area contributed by atoms with Gasteiger partial charge in [-0.05, 0) is 40.2 Å². The Hall–Kier alpha value is -0.630. The highest BCUT2D eigenvalue weighted by molar-refractivity contribution is 4.89. The summed E-state index contributed by atoms with van der Waals surface area (Å²) in [6, 6.07) is 2.13. The largest absolute Gasteiger partial charge is 0.379 e. The summed E-state index contributed by atoms with van der Waals surface area (Å²) in [5.41, 5.74) is -0.110. The van der Waals surface area contributed by atoms with Crippen molar-refractivity contribution in [3.05, 3.63) is 0 Å². The molecule has 0 rings (SSSR count). The van der Waals surface area contributed by atoms with Gasteiger partial charge >= 0.3 is 0 Å². The molecule has 0 bridgehead atoms.